The molecule has 0 amide bonds. The van der Waals surface area contributed by atoms with Gasteiger partial charge < -0.3 is 10.3 Å². The van der Waals surface area contributed by atoms with Crippen LogP contribution < -0.4 is 5.73 Å². The third-order valence-corrected chi connectivity index (χ3v) is 6.11. The van der Waals surface area contributed by atoms with Gasteiger partial charge in [0.05, 0.1) is 6.33 Å². The molecule has 0 bridgehead atoms. The normalized spacial score (nSPS) is 24.4. The van der Waals surface area contributed by atoms with E-state index in [1.807, 2.05) is 6.92 Å². The van der Waals surface area contributed by atoms with E-state index in [4.69, 9.17) is 17.3 Å². The Labute approximate surface area is 130 Å². The van der Waals surface area contributed by atoms with E-state index in [0.717, 1.165) is 12.8 Å². The highest BCUT2D eigenvalue weighted by atomic mass is 35.5. The molecule has 2 atom stereocenters. The molecule has 6 nitrogen and oxygen atoms in total. The second kappa shape index (κ2) is 6.62. The number of aromatic nitrogens is 2. The number of nitrogens with two attached hydrogens (primary N) is 1. The Kier molecular flexibility index (Phi) is 5.86. The van der Waals surface area contributed by atoms with Crippen molar-refractivity contribution in [3.63, 3.8) is 0 Å². The number of piperidine rings is 1. The molecule has 2 heterocycles. The van der Waals surface area contributed by atoms with Crippen LogP contribution in [0.2, 0.25) is 5.15 Å². The summed E-state index contributed by atoms with van der Waals surface area (Å²) in [5.41, 5.74) is 5.74. The number of aryl methyl sites for hydroxylation is 1. The second-order valence-electron chi connectivity index (χ2n) is 4.99. The van der Waals surface area contributed by atoms with Crippen LogP contribution in [0.5, 0.6) is 0 Å². The van der Waals surface area contributed by atoms with Gasteiger partial charge in [-0.25, -0.2) is 13.4 Å². The Morgan fingerprint density at radius 1 is 1.55 bits per heavy atom. The van der Waals surface area contributed by atoms with Gasteiger partial charge in [0.2, 0.25) is 5.03 Å². The lowest BCUT2D eigenvalue weighted by Crippen LogP contribution is -2.51. The van der Waals surface area contributed by atoms with Crippen LogP contribution in [0.3, 0.4) is 0 Å². The summed E-state index contributed by atoms with van der Waals surface area (Å²) in [4.78, 5) is 3.92. The van der Waals surface area contributed by atoms with Crippen molar-refractivity contribution in [2.45, 2.75) is 30.8 Å². The third kappa shape index (κ3) is 2.96. The number of sulfonamides is 1. The van der Waals surface area contributed by atoms with E-state index < -0.39 is 10.0 Å². The molecule has 1 aliphatic rings. The smallest absolute Gasteiger partial charge is 0.263 e. The quantitative estimate of drug-likeness (QED) is 0.895. The van der Waals surface area contributed by atoms with Crippen LogP contribution in [0.1, 0.15) is 19.8 Å². The van der Waals surface area contributed by atoms with E-state index in [-0.39, 0.29) is 34.5 Å². The summed E-state index contributed by atoms with van der Waals surface area (Å²) in [5, 5.41) is 0.0539. The predicted octanol–water partition coefficient (Wildman–Crippen LogP) is 1.24. The van der Waals surface area contributed by atoms with Crippen molar-refractivity contribution >= 4 is 34.0 Å². The Bertz CT molecular complexity index is 561. The topological polar surface area (TPSA) is 81.2 Å². The molecule has 2 rings (SSSR count). The van der Waals surface area contributed by atoms with Gasteiger partial charge in [-0.1, -0.05) is 18.5 Å². The summed E-state index contributed by atoms with van der Waals surface area (Å²) in [5.74, 6) is 0.246. The molecule has 2 N–H and O–H groups in total. The third-order valence-electron chi connectivity index (χ3n) is 3.69. The van der Waals surface area contributed by atoms with E-state index in [2.05, 4.69) is 4.98 Å². The predicted molar refractivity (Wildman–Crippen MR) is 80.6 cm³/mol. The van der Waals surface area contributed by atoms with Gasteiger partial charge in [0.25, 0.3) is 10.0 Å². The summed E-state index contributed by atoms with van der Waals surface area (Å²) in [6.07, 6.45) is 3.23. The van der Waals surface area contributed by atoms with Gasteiger partial charge in [-0.2, -0.15) is 4.31 Å². The first-order valence-electron chi connectivity index (χ1n) is 6.28. The molecular formula is C11H20Cl2N4O2S. The van der Waals surface area contributed by atoms with Crippen molar-refractivity contribution in [2.75, 3.05) is 13.1 Å². The largest absolute Gasteiger partial charge is 0.329 e. The van der Waals surface area contributed by atoms with E-state index >= 15 is 0 Å². The first-order valence-corrected chi connectivity index (χ1v) is 8.10. The fourth-order valence-electron chi connectivity index (χ4n) is 2.54. The van der Waals surface area contributed by atoms with Crippen LogP contribution in [0.25, 0.3) is 0 Å². The summed E-state index contributed by atoms with van der Waals surface area (Å²) < 4.78 is 28.2. The van der Waals surface area contributed by atoms with Gasteiger partial charge in [-0.05, 0) is 18.8 Å². The molecule has 116 valence electrons. The van der Waals surface area contributed by atoms with E-state index in [1.165, 1.54) is 15.2 Å². The van der Waals surface area contributed by atoms with Crippen LogP contribution in [-0.2, 0) is 17.1 Å². The maximum Gasteiger partial charge on any atom is 0.263 e. The Morgan fingerprint density at radius 2 is 2.20 bits per heavy atom. The average Bonchev–Trinajstić information content (AvgIpc) is 2.70. The number of nitrogens with zero attached hydrogens (tertiary/aromatic N) is 3. The minimum Gasteiger partial charge on any atom is -0.329 e. The molecule has 1 saturated heterocycles. The van der Waals surface area contributed by atoms with Crippen molar-refractivity contribution in [1.29, 1.82) is 0 Å². The maximum atomic E-state index is 12.6. The number of halogens is 2. The lowest BCUT2D eigenvalue weighted by molar-refractivity contribution is 0.192. The monoisotopic (exact) mass is 342 g/mol. The molecule has 0 saturated carbocycles. The van der Waals surface area contributed by atoms with Crippen LogP contribution in [0.15, 0.2) is 11.4 Å². The van der Waals surface area contributed by atoms with Gasteiger partial charge in [0.1, 0.15) is 5.15 Å². The molecule has 20 heavy (non-hydrogen) atoms. The SMILES string of the molecule is CC1CCCN(S(=O)(=O)c2ncn(C)c2Cl)C1CN.Cl. The van der Waals surface area contributed by atoms with Crippen molar-refractivity contribution in [2.24, 2.45) is 18.7 Å². The average molecular weight is 343 g/mol. The number of hydrogen-bond donors (Lipinski definition) is 1. The number of hydrogen-bond acceptors (Lipinski definition) is 4. The van der Waals surface area contributed by atoms with Crippen molar-refractivity contribution in [3.05, 3.63) is 11.5 Å². The Balaban J connectivity index is 0.00000200. The number of imidazole rings is 1. The zero-order chi connectivity index (χ0) is 14.2. The lowest BCUT2D eigenvalue weighted by atomic mass is 9.93. The molecule has 0 aliphatic carbocycles. The maximum absolute atomic E-state index is 12.6. The Morgan fingerprint density at radius 3 is 2.70 bits per heavy atom. The van der Waals surface area contributed by atoms with Gasteiger partial charge in [-0.15, -0.1) is 12.4 Å². The highest BCUT2D eigenvalue weighted by Gasteiger charge is 2.38. The van der Waals surface area contributed by atoms with Crippen LogP contribution in [-0.4, -0.2) is 41.4 Å². The molecule has 0 radical (unpaired) electrons. The first kappa shape index (κ1) is 17.7. The minimum absolute atomic E-state index is 0. The zero-order valence-corrected chi connectivity index (χ0v) is 13.9. The zero-order valence-electron chi connectivity index (χ0n) is 11.5. The minimum atomic E-state index is -3.68. The molecule has 2 unspecified atom stereocenters. The van der Waals surface area contributed by atoms with Crippen LogP contribution in [0, 0.1) is 5.92 Å². The lowest BCUT2D eigenvalue weighted by Gasteiger charge is -2.37. The van der Waals surface area contributed by atoms with Gasteiger partial charge in [0.15, 0.2) is 0 Å². The molecule has 1 aromatic rings. The van der Waals surface area contributed by atoms with Crippen molar-refractivity contribution in [1.82, 2.24) is 13.9 Å². The molecule has 0 spiro atoms. The summed E-state index contributed by atoms with van der Waals surface area (Å²) in [6, 6.07) is -0.183. The van der Waals surface area contributed by atoms with Crippen molar-refractivity contribution < 1.29 is 8.42 Å². The molecule has 1 aromatic heterocycles. The van der Waals surface area contributed by atoms with Gasteiger partial charge in [0, 0.05) is 26.2 Å². The summed E-state index contributed by atoms with van der Waals surface area (Å²) in [6.45, 7) is 2.81. The summed E-state index contributed by atoms with van der Waals surface area (Å²) >= 11 is 6.00. The highest BCUT2D eigenvalue weighted by Crippen LogP contribution is 2.30. The van der Waals surface area contributed by atoms with Crippen molar-refractivity contribution in [3.8, 4) is 0 Å². The number of rotatable bonds is 3. The Hall–Kier alpha value is -0.340. The second-order valence-corrected chi connectivity index (χ2v) is 7.15. The van der Waals surface area contributed by atoms with Gasteiger partial charge in [-0.3, -0.25) is 0 Å². The highest BCUT2D eigenvalue weighted by molar-refractivity contribution is 7.89. The molecule has 1 aliphatic heterocycles. The fraction of sp³-hybridized carbons (Fsp3) is 0.727. The molecule has 9 heteroatoms. The van der Waals surface area contributed by atoms with E-state index in [0.29, 0.717) is 13.1 Å². The van der Waals surface area contributed by atoms with Gasteiger partial charge >= 0.3 is 0 Å². The molecular weight excluding hydrogens is 323 g/mol. The van der Waals surface area contributed by atoms with Crippen LogP contribution in [0.4, 0.5) is 0 Å². The standard InChI is InChI=1S/C11H19ClN4O2S.ClH/c1-8-4-3-5-16(9(8)6-13)19(17,18)11-10(12)15(2)7-14-11;/h7-9H,3-6,13H2,1-2H3;1H. The first-order chi connectivity index (χ1) is 8.89. The summed E-state index contributed by atoms with van der Waals surface area (Å²) in [7, 11) is -2.02. The fourth-order valence-corrected chi connectivity index (χ4v) is 4.70. The van der Waals surface area contributed by atoms with Crippen LogP contribution >= 0.6 is 24.0 Å². The molecule has 0 aromatic carbocycles. The van der Waals surface area contributed by atoms with E-state index in [9.17, 15) is 8.42 Å². The van der Waals surface area contributed by atoms with E-state index in [1.54, 1.807) is 7.05 Å². The molecule has 1 fully saturated rings.